The number of halogens is 1. The number of nitrogens with two attached hydrogens (primary N) is 1. The van der Waals surface area contributed by atoms with Gasteiger partial charge in [0.15, 0.2) is 12.2 Å². The van der Waals surface area contributed by atoms with E-state index in [1.807, 2.05) is 6.92 Å². The number of rotatable bonds is 17. The average Bonchev–Trinajstić information content (AvgIpc) is 2.97. The van der Waals surface area contributed by atoms with Crippen LogP contribution in [0.15, 0.2) is 24.3 Å². The third-order valence-corrected chi connectivity index (χ3v) is 6.56. The molecule has 246 valence electrons. The fourth-order valence-electron chi connectivity index (χ4n) is 4.30. The summed E-state index contributed by atoms with van der Waals surface area (Å²) in [5.41, 5.74) is 4.44. The molecule has 1 aliphatic heterocycles. The Labute approximate surface area is 257 Å². The molecule has 0 bridgehead atoms. The summed E-state index contributed by atoms with van der Waals surface area (Å²) in [6.45, 7) is 5.44. The second-order valence-corrected chi connectivity index (χ2v) is 10.6. The van der Waals surface area contributed by atoms with E-state index in [0.29, 0.717) is 31.2 Å². The molecular formula is C31H44FNO11. The molecular weight excluding hydrogens is 581 g/mol. The summed E-state index contributed by atoms with van der Waals surface area (Å²) in [4.78, 5) is 62.5. The van der Waals surface area contributed by atoms with E-state index < -0.39 is 66.7 Å². The molecule has 0 aliphatic carbocycles. The van der Waals surface area contributed by atoms with Gasteiger partial charge in [-0.3, -0.25) is 19.2 Å². The lowest BCUT2D eigenvalue weighted by Crippen LogP contribution is -2.61. The smallest absolute Gasteiger partial charge is 0.331 e. The van der Waals surface area contributed by atoms with E-state index >= 15 is 0 Å². The summed E-state index contributed by atoms with van der Waals surface area (Å²) in [6.07, 6.45) is -3.68. The Kier molecular flexibility index (Phi) is 15.2. The number of hydrogen-bond donors (Lipinski definition) is 1. The SMILES string of the molecule is CCCC(=O)Oc1ccc(CC(N)(CF)C(=O)O[C@@H]2OCC(OC(=O)CCC)[C@H](OC(=O)CCC)[C@H]2OC(=O)CCC)cc1. The molecule has 0 radical (unpaired) electrons. The summed E-state index contributed by atoms with van der Waals surface area (Å²) < 4.78 is 47.3. The molecule has 1 saturated heterocycles. The van der Waals surface area contributed by atoms with Gasteiger partial charge < -0.3 is 34.2 Å². The summed E-state index contributed by atoms with van der Waals surface area (Å²) in [5.74, 6) is -3.27. The number of esters is 5. The van der Waals surface area contributed by atoms with Gasteiger partial charge in [-0.05, 0) is 43.4 Å². The van der Waals surface area contributed by atoms with E-state index in [9.17, 15) is 28.4 Å². The molecule has 13 heteroatoms. The van der Waals surface area contributed by atoms with Crippen LogP contribution in [0.4, 0.5) is 4.39 Å². The lowest BCUT2D eigenvalue weighted by Gasteiger charge is -2.41. The van der Waals surface area contributed by atoms with E-state index in [4.69, 9.17) is 34.2 Å². The highest BCUT2D eigenvalue weighted by atomic mass is 19.1. The highest BCUT2D eigenvalue weighted by molar-refractivity contribution is 5.81. The van der Waals surface area contributed by atoms with Crippen molar-refractivity contribution in [1.29, 1.82) is 0 Å². The Bertz CT molecular complexity index is 1110. The summed E-state index contributed by atoms with van der Waals surface area (Å²) in [5, 5.41) is 0. The molecule has 0 saturated carbocycles. The van der Waals surface area contributed by atoms with E-state index in [1.54, 1.807) is 20.8 Å². The number of ether oxygens (including phenoxy) is 6. The lowest BCUT2D eigenvalue weighted by atomic mass is 9.93. The highest BCUT2D eigenvalue weighted by Crippen LogP contribution is 2.28. The molecule has 1 fully saturated rings. The van der Waals surface area contributed by atoms with Crippen molar-refractivity contribution in [2.45, 2.75) is 116 Å². The minimum atomic E-state index is -2.18. The molecule has 1 aromatic rings. The van der Waals surface area contributed by atoms with Crippen molar-refractivity contribution in [3.8, 4) is 5.75 Å². The van der Waals surface area contributed by atoms with Crippen molar-refractivity contribution in [2.24, 2.45) is 5.73 Å². The van der Waals surface area contributed by atoms with Crippen LogP contribution in [-0.4, -0.2) is 73.3 Å². The van der Waals surface area contributed by atoms with Crippen LogP contribution < -0.4 is 10.5 Å². The summed E-state index contributed by atoms with van der Waals surface area (Å²) in [7, 11) is 0. The average molecular weight is 626 g/mol. The fraction of sp³-hybridized carbons (Fsp3) is 0.645. The quantitative estimate of drug-likeness (QED) is 0.152. The molecule has 0 aromatic heterocycles. The first-order valence-electron chi connectivity index (χ1n) is 15.1. The van der Waals surface area contributed by atoms with Gasteiger partial charge in [0.25, 0.3) is 0 Å². The van der Waals surface area contributed by atoms with Gasteiger partial charge in [0.05, 0.1) is 6.61 Å². The van der Waals surface area contributed by atoms with Gasteiger partial charge in [-0.15, -0.1) is 0 Å². The Morgan fingerprint density at radius 3 is 1.80 bits per heavy atom. The molecule has 1 aliphatic rings. The van der Waals surface area contributed by atoms with Crippen LogP contribution in [0.25, 0.3) is 0 Å². The second-order valence-electron chi connectivity index (χ2n) is 10.6. The van der Waals surface area contributed by atoms with Crippen LogP contribution in [0.1, 0.15) is 84.6 Å². The predicted molar refractivity (Wildman–Crippen MR) is 154 cm³/mol. The molecule has 44 heavy (non-hydrogen) atoms. The maximum atomic E-state index is 14.3. The summed E-state index contributed by atoms with van der Waals surface area (Å²) in [6, 6.07) is 6.05. The molecule has 2 unspecified atom stereocenters. The second kappa shape index (κ2) is 18.3. The first kappa shape index (κ1) is 36.6. The Morgan fingerprint density at radius 1 is 0.773 bits per heavy atom. The van der Waals surface area contributed by atoms with E-state index in [0.717, 1.165) is 0 Å². The van der Waals surface area contributed by atoms with E-state index in [2.05, 4.69) is 0 Å². The maximum Gasteiger partial charge on any atom is 0.331 e. The third-order valence-electron chi connectivity index (χ3n) is 6.56. The first-order valence-corrected chi connectivity index (χ1v) is 15.1. The molecule has 1 aromatic carbocycles. The van der Waals surface area contributed by atoms with Crippen LogP contribution in [-0.2, 0) is 54.1 Å². The van der Waals surface area contributed by atoms with Crippen molar-refractivity contribution in [1.82, 2.24) is 0 Å². The van der Waals surface area contributed by atoms with E-state index in [1.165, 1.54) is 24.3 Å². The van der Waals surface area contributed by atoms with Crippen molar-refractivity contribution < 1.29 is 56.8 Å². The van der Waals surface area contributed by atoms with Crippen molar-refractivity contribution >= 4 is 29.8 Å². The van der Waals surface area contributed by atoms with Crippen molar-refractivity contribution in [3.05, 3.63) is 29.8 Å². The van der Waals surface area contributed by atoms with Crippen molar-refractivity contribution in [3.63, 3.8) is 0 Å². The predicted octanol–water partition coefficient (Wildman–Crippen LogP) is 3.64. The standard InChI is InChI=1S/C31H44FNO11/c1-5-9-23(34)40-21-15-13-20(14-16-21)17-31(33,19-32)30(38)44-29-28(43-26(37)12-8-4)27(42-25(36)11-7-3)22(18-39-29)41-24(35)10-6-2/h13-16,22,27-29H,5-12,17-19,33H2,1-4H3/t22?,27-,28+,29-,31?/m0/s1. The Balaban J connectivity index is 2.30. The zero-order chi connectivity index (χ0) is 32.7. The monoisotopic (exact) mass is 625 g/mol. The summed E-state index contributed by atoms with van der Waals surface area (Å²) >= 11 is 0. The van der Waals surface area contributed by atoms with Gasteiger partial charge in [-0.1, -0.05) is 39.8 Å². The topological polar surface area (TPSA) is 167 Å². The maximum absolute atomic E-state index is 14.3. The number of hydrogen-bond acceptors (Lipinski definition) is 12. The number of carbonyl (C=O) groups is 5. The van der Waals surface area contributed by atoms with Gasteiger partial charge >= 0.3 is 29.8 Å². The van der Waals surface area contributed by atoms with Crippen LogP contribution in [0.3, 0.4) is 0 Å². The van der Waals surface area contributed by atoms with Gasteiger partial charge in [-0.25, -0.2) is 9.18 Å². The molecule has 2 N–H and O–H groups in total. The molecule has 0 amide bonds. The molecule has 2 rings (SSSR count). The lowest BCUT2D eigenvalue weighted by molar-refractivity contribution is -0.277. The van der Waals surface area contributed by atoms with Crippen LogP contribution in [0.5, 0.6) is 5.75 Å². The van der Waals surface area contributed by atoms with Gasteiger partial charge in [-0.2, -0.15) is 0 Å². The normalized spacial score (nSPS) is 21.0. The first-order chi connectivity index (χ1) is 21.0. The van der Waals surface area contributed by atoms with E-state index in [-0.39, 0.29) is 44.5 Å². The molecule has 1 heterocycles. The number of benzene rings is 1. The van der Waals surface area contributed by atoms with Gasteiger partial charge in [0.2, 0.25) is 12.4 Å². The zero-order valence-electron chi connectivity index (χ0n) is 25.8. The van der Waals surface area contributed by atoms with Crippen LogP contribution in [0, 0.1) is 0 Å². The molecule has 0 spiro atoms. The minimum absolute atomic E-state index is 0.0118. The van der Waals surface area contributed by atoms with Crippen LogP contribution in [0.2, 0.25) is 0 Å². The highest BCUT2D eigenvalue weighted by Gasteiger charge is 2.51. The number of carbonyl (C=O) groups excluding carboxylic acids is 5. The Morgan fingerprint density at radius 2 is 1.27 bits per heavy atom. The number of alkyl halides is 1. The van der Waals surface area contributed by atoms with Gasteiger partial charge in [0, 0.05) is 32.1 Å². The van der Waals surface area contributed by atoms with Crippen molar-refractivity contribution in [2.75, 3.05) is 13.3 Å². The minimum Gasteiger partial charge on any atom is -0.456 e. The fourth-order valence-corrected chi connectivity index (χ4v) is 4.30. The molecule has 12 nitrogen and oxygen atoms in total. The van der Waals surface area contributed by atoms with Gasteiger partial charge in [0.1, 0.15) is 18.0 Å². The Hall–Kier alpha value is -3.58. The zero-order valence-corrected chi connectivity index (χ0v) is 25.8. The van der Waals surface area contributed by atoms with Crippen LogP contribution >= 0.6 is 0 Å². The molecule has 5 atom stereocenters. The third kappa shape index (κ3) is 11.2. The largest absolute Gasteiger partial charge is 0.456 e.